The second-order valence-corrected chi connectivity index (χ2v) is 5.67. The van der Waals surface area contributed by atoms with Crippen LogP contribution in [0.25, 0.3) is 0 Å². The highest BCUT2D eigenvalue weighted by molar-refractivity contribution is 9.10. The van der Waals surface area contributed by atoms with Crippen molar-refractivity contribution < 1.29 is 4.74 Å². The third-order valence-electron chi connectivity index (χ3n) is 3.51. The Balaban J connectivity index is 2.27. The Hall–Kier alpha value is -1.09. The zero-order chi connectivity index (χ0) is 13.8. The third kappa shape index (κ3) is 3.27. The first-order valence-electron chi connectivity index (χ1n) is 6.31. The molecule has 0 spiro atoms. The summed E-state index contributed by atoms with van der Waals surface area (Å²) in [7, 11) is 3.75. The van der Waals surface area contributed by atoms with Crippen LogP contribution in [0.5, 0.6) is 5.75 Å². The summed E-state index contributed by atoms with van der Waals surface area (Å²) in [6, 6.07) is 7.97. The number of hydrogen-bond acceptors (Lipinski definition) is 4. The Labute approximate surface area is 122 Å². The van der Waals surface area contributed by atoms with E-state index in [1.54, 1.807) is 7.11 Å². The Morgan fingerprint density at radius 1 is 1.32 bits per heavy atom. The molecule has 19 heavy (non-hydrogen) atoms. The molecule has 1 aromatic rings. The van der Waals surface area contributed by atoms with Crippen LogP contribution in [0.4, 0.5) is 0 Å². The molecular weight excluding hydrogens is 306 g/mol. The number of likely N-dealkylation sites (N-methyl/N-ethyl adjacent to an activating group) is 1. The normalized spacial score (nSPS) is 18.8. The van der Waals surface area contributed by atoms with E-state index in [0.717, 1.165) is 42.0 Å². The summed E-state index contributed by atoms with van der Waals surface area (Å²) in [6.45, 7) is 3.80. The number of methoxy groups -OCH3 is 1. The highest BCUT2D eigenvalue weighted by Crippen LogP contribution is 2.32. The van der Waals surface area contributed by atoms with Crippen molar-refractivity contribution in [1.82, 2.24) is 9.80 Å². The van der Waals surface area contributed by atoms with Gasteiger partial charge in [0.05, 0.1) is 13.2 Å². The lowest BCUT2D eigenvalue weighted by Crippen LogP contribution is -2.45. The number of rotatable bonds is 3. The molecule has 4 nitrogen and oxygen atoms in total. The van der Waals surface area contributed by atoms with Gasteiger partial charge in [-0.15, -0.1) is 0 Å². The van der Waals surface area contributed by atoms with E-state index in [2.05, 4.69) is 38.8 Å². The fourth-order valence-electron chi connectivity index (χ4n) is 2.35. The zero-order valence-electron chi connectivity index (χ0n) is 11.3. The first-order chi connectivity index (χ1) is 9.15. The molecule has 0 aromatic heterocycles. The number of halogens is 1. The molecule has 0 amide bonds. The van der Waals surface area contributed by atoms with Crippen molar-refractivity contribution in [1.29, 1.82) is 5.26 Å². The van der Waals surface area contributed by atoms with Gasteiger partial charge in [0.25, 0.3) is 0 Å². The van der Waals surface area contributed by atoms with Crippen molar-refractivity contribution in [2.24, 2.45) is 0 Å². The molecule has 1 saturated heterocycles. The van der Waals surface area contributed by atoms with E-state index >= 15 is 0 Å². The fraction of sp³-hybridized carbons (Fsp3) is 0.500. The maximum atomic E-state index is 9.53. The SMILES string of the molecule is COc1ccc(Br)cc1C(C#N)N1CCN(C)CC1. The van der Waals surface area contributed by atoms with Crippen LogP contribution in [0, 0.1) is 11.3 Å². The molecule has 0 saturated carbocycles. The van der Waals surface area contributed by atoms with Gasteiger partial charge in [-0.25, -0.2) is 0 Å². The van der Waals surface area contributed by atoms with E-state index in [0.29, 0.717) is 0 Å². The molecule has 102 valence electrons. The van der Waals surface area contributed by atoms with Gasteiger partial charge in [-0.05, 0) is 25.2 Å². The lowest BCUT2D eigenvalue weighted by atomic mass is 10.0. The number of piperazine rings is 1. The first-order valence-corrected chi connectivity index (χ1v) is 7.10. The molecule has 0 aliphatic carbocycles. The number of benzene rings is 1. The molecular formula is C14H18BrN3O. The molecule has 1 atom stereocenters. The summed E-state index contributed by atoms with van der Waals surface area (Å²) in [6.07, 6.45) is 0. The predicted molar refractivity (Wildman–Crippen MR) is 78.1 cm³/mol. The van der Waals surface area contributed by atoms with Crippen LogP contribution in [0.1, 0.15) is 11.6 Å². The molecule has 0 N–H and O–H groups in total. The molecule has 1 aliphatic heterocycles. The monoisotopic (exact) mass is 323 g/mol. The molecule has 0 bridgehead atoms. The van der Waals surface area contributed by atoms with E-state index in [9.17, 15) is 5.26 Å². The summed E-state index contributed by atoms with van der Waals surface area (Å²) in [5, 5.41) is 9.53. The molecule has 1 fully saturated rings. The smallest absolute Gasteiger partial charge is 0.127 e. The minimum atomic E-state index is -0.249. The maximum absolute atomic E-state index is 9.53. The van der Waals surface area contributed by atoms with Crippen molar-refractivity contribution >= 4 is 15.9 Å². The molecule has 1 aromatic carbocycles. The summed E-state index contributed by atoms with van der Waals surface area (Å²) < 4.78 is 6.36. The molecule has 2 rings (SSSR count). The van der Waals surface area contributed by atoms with Gasteiger partial charge >= 0.3 is 0 Å². The van der Waals surface area contributed by atoms with Gasteiger partial charge in [-0.1, -0.05) is 15.9 Å². The zero-order valence-corrected chi connectivity index (χ0v) is 12.9. The molecule has 1 heterocycles. The van der Waals surface area contributed by atoms with Gasteiger partial charge in [0.2, 0.25) is 0 Å². The number of hydrogen-bond donors (Lipinski definition) is 0. The lowest BCUT2D eigenvalue weighted by molar-refractivity contribution is 0.131. The van der Waals surface area contributed by atoms with Crippen molar-refractivity contribution in [3.05, 3.63) is 28.2 Å². The molecule has 1 unspecified atom stereocenters. The number of nitrogens with zero attached hydrogens (tertiary/aromatic N) is 3. The standard InChI is InChI=1S/C14H18BrN3O/c1-17-5-7-18(8-6-17)13(10-16)12-9-11(15)3-4-14(12)19-2/h3-4,9,13H,5-8H2,1-2H3. The van der Waals surface area contributed by atoms with E-state index in [1.165, 1.54) is 0 Å². The van der Waals surface area contributed by atoms with Crippen LogP contribution >= 0.6 is 15.9 Å². The van der Waals surface area contributed by atoms with Gasteiger partial charge in [0, 0.05) is 36.2 Å². The van der Waals surface area contributed by atoms with Gasteiger partial charge < -0.3 is 9.64 Å². The second-order valence-electron chi connectivity index (χ2n) is 4.76. The summed E-state index contributed by atoms with van der Waals surface area (Å²) >= 11 is 3.46. The largest absolute Gasteiger partial charge is 0.496 e. The first kappa shape index (κ1) is 14.3. The van der Waals surface area contributed by atoms with E-state index in [4.69, 9.17) is 4.74 Å². The van der Waals surface area contributed by atoms with Crippen molar-refractivity contribution in [2.75, 3.05) is 40.3 Å². The van der Waals surface area contributed by atoms with Crippen molar-refractivity contribution in [2.45, 2.75) is 6.04 Å². The van der Waals surface area contributed by atoms with Gasteiger partial charge in [0.1, 0.15) is 11.8 Å². The fourth-order valence-corrected chi connectivity index (χ4v) is 2.73. The van der Waals surface area contributed by atoms with E-state index in [1.807, 2.05) is 18.2 Å². The van der Waals surface area contributed by atoms with Gasteiger partial charge in [-0.3, -0.25) is 4.90 Å². The van der Waals surface area contributed by atoms with Gasteiger partial charge in [-0.2, -0.15) is 5.26 Å². The van der Waals surface area contributed by atoms with Crippen LogP contribution in [-0.4, -0.2) is 50.1 Å². The quantitative estimate of drug-likeness (QED) is 0.855. The Bertz CT molecular complexity index is 478. The highest BCUT2D eigenvalue weighted by atomic mass is 79.9. The summed E-state index contributed by atoms with van der Waals surface area (Å²) in [5.41, 5.74) is 0.934. The Kier molecular flexibility index (Phi) is 4.81. The molecule has 0 radical (unpaired) electrons. The molecule has 5 heteroatoms. The van der Waals surface area contributed by atoms with Crippen LogP contribution in [0.3, 0.4) is 0 Å². The van der Waals surface area contributed by atoms with Crippen LogP contribution < -0.4 is 4.74 Å². The van der Waals surface area contributed by atoms with E-state index in [-0.39, 0.29) is 6.04 Å². The number of nitriles is 1. The van der Waals surface area contributed by atoms with Crippen LogP contribution in [0.2, 0.25) is 0 Å². The summed E-state index contributed by atoms with van der Waals surface area (Å²) in [4.78, 5) is 4.49. The predicted octanol–water partition coefficient (Wildman–Crippen LogP) is 2.27. The van der Waals surface area contributed by atoms with Crippen LogP contribution in [-0.2, 0) is 0 Å². The van der Waals surface area contributed by atoms with Crippen LogP contribution in [0.15, 0.2) is 22.7 Å². The van der Waals surface area contributed by atoms with Crippen molar-refractivity contribution in [3.8, 4) is 11.8 Å². The molecule has 1 aliphatic rings. The Morgan fingerprint density at radius 2 is 2.00 bits per heavy atom. The lowest BCUT2D eigenvalue weighted by Gasteiger charge is -2.35. The summed E-state index contributed by atoms with van der Waals surface area (Å²) in [5.74, 6) is 0.772. The van der Waals surface area contributed by atoms with Gasteiger partial charge in [0.15, 0.2) is 0 Å². The highest BCUT2D eigenvalue weighted by Gasteiger charge is 2.26. The minimum absolute atomic E-state index is 0.249. The second kappa shape index (κ2) is 6.38. The third-order valence-corrected chi connectivity index (χ3v) is 4.00. The topological polar surface area (TPSA) is 39.5 Å². The minimum Gasteiger partial charge on any atom is -0.496 e. The average molecular weight is 324 g/mol. The van der Waals surface area contributed by atoms with Crippen molar-refractivity contribution in [3.63, 3.8) is 0 Å². The van der Waals surface area contributed by atoms with E-state index < -0.39 is 0 Å². The average Bonchev–Trinajstić information content (AvgIpc) is 2.42. The maximum Gasteiger partial charge on any atom is 0.127 e. The Morgan fingerprint density at radius 3 is 2.58 bits per heavy atom. The number of ether oxygens (including phenoxy) is 1.